The molecule has 1 atom stereocenters. The zero-order valence-corrected chi connectivity index (χ0v) is 13.2. The van der Waals surface area contributed by atoms with Crippen molar-refractivity contribution in [3.8, 4) is 0 Å². The molecule has 0 aliphatic rings. The van der Waals surface area contributed by atoms with Crippen LogP contribution in [0.4, 0.5) is 0 Å². The summed E-state index contributed by atoms with van der Waals surface area (Å²) in [6.07, 6.45) is 6.36. The van der Waals surface area contributed by atoms with Gasteiger partial charge in [-0.15, -0.1) is 0 Å². The molecular formula is C15H17N3O3S. The van der Waals surface area contributed by atoms with Gasteiger partial charge in [-0.2, -0.15) is 0 Å². The molecule has 0 bridgehead atoms. The summed E-state index contributed by atoms with van der Waals surface area (Å²) in [7, 11) is -3.32. The number of carbonyl (C=O) groups is 1. The van der Waals surface area contributed by atoms with E-state index in [1.165, 1.54) is 12.3 Å². The number of amides is 1. The average Bonchev–Trinajstić information content (AvgIpc) is 2.52. The van der Waals surface area contributed by atoms with Crippen LogP contribution in [0.15, 0.2) is 47.9 Å². The molecule has 0 saturated heterocycles. The summed E-state index contributed by atoms with van der Waals surface area (Å²) in [5.41, 5.74) is 1.28. The molecule has 0 radical (unpaired) electrons. The molecule has 2 rings (SSSR count). The third-order valence-electron chi connectivity index (χ3n) is 3.20. The van der Waals surface area contributed by atoms with Crippen molar-refractivity contribution in [3.05, 3.63) is 54.0 Å². The van der Waals surface area contributed by atoms with Crippen molar-refractivity contribution < 1.29 is 13.2 Å². The van der Waals surface area contributed by atoms with Crippen LogP contribution in [0.1, 0.15) is 35.3 Å². The minimum absolute atomic E-state index is 0.0200. The Bertz CT molecular complexity index is 743. The van der Waals surface area contributed by atoms with Crippen molar-refractivity contribution in [2.45, 2.75) is 24.4 Å². The molecule has 7 heteroatoms. The Morgan fingerprint density at radius 1 is 1.23 bits per heavy atom. The Morgan fingerprint density at radius 2 is 1.91 bits per heavy atom. The molecule has 1 N–H and O–H groups in total. The number of hydrogen-bond donors (Lipinski definition) is 1. The van der Waals surface area contributed by atoms with Crippen molar-refractivity contribution >= 4 is 15.7 Å². The van der Waals surface area contributed by atoms with Crippen LogP contribution < -0.4 is 5.32 Å². The van der Waals surface area contributed by atoms with Crippen LogP contribution in [0.3, 0.4) is 0 Å². The van der Waals surface area contributed by atoms with Crippen molar-refractivity contribution in [2.75, 3.05) is 6.26 Å². The molecule has 0 aliphatic carbocycles. The predicted molar refractivity (Wildman–Crippen MR) is 82.1 cm³/mol. The Labute approximate surface area is 129 Å². The second-order valence-corrected chi connectivity index (χ2v) is 6.83. The lowest BCUT2D eigenvalue weighted by molar-refractivity contribution is 0.0935. The molecule has 0 aromatic carbocycles. The van der Waals surface area contributed by atoms with Gasteiger partial charge in [0.2, 0.25) is 0 Å². The van der Waals surface area contributed by atoms with Crippen LogP contribution in [-0.4, -0.2) is 30.5 Å². The monoisotopic (exact) mass is 319 g/mol. The first-order valence-corrected chi connectivity index (χ1v) is 8.68. The second-order valence-electron chi connectivity index (χ2n) is 4.87. The van der Waals surface area contributed by atoms with Crippen LogP contribution in [0, 0.1) is 0 Å². The van der Waals surface area contributed by atoms with E-state index in [9.17, 15) is 13.2 Å². The number of nitrogens with one attached hydrogen (secondary N) is 1. The molecule has 1 unspecified atom stereocenters. The van der Waals surface area contributed by atoms with E-state index in [2.05, 4.69) is 15.3 Å². The topological polar surface area (TPSA) is 89.0 Å². The highest BCUT2D eigenvalue weighted by molar-refractivity contribution is 7.90. The first-order chi connectivity index (χ1) is 10.4. The fourth-order valence-corrected chi connectivity index (χ4v) is 2.54. The van der Waals surface area contributed by atoms with Gasteiger partial charge < -0.3 is 5.32 Å². The van der Waals surface area contributed by atoms with Gasteiger partial charge >= 0.3 is 0 Å². The van der Waals surface area contributed by atoms with Gasteiger partial charge in [0.1, 0.15) is 0 Å². The second kappa shape index (κ2) is 6.65. The summed E-state index contributed by atoms with van der Waals surface area (Å²) in [6.45, 7) is 1.93. The van der Waals surface area contributed by atoms with Crippen molar-refractivity contribution in [3.63, 3.8) is 0 Å². The Balaban J connectivity index is 2.17. The highest BCUT2D eigenvalue weighted by atomic mass is 32.2. The Kier molecular flexibility index (Phi) is 4.87. The van der Waals surface area contributed by atoms with Gasteiger partial charge in [0.15, 0.2) is 14.9 Å². The summed E-state index contributed by atoms with van der Waals surface area (Å²) in [6, 6.07) is 6.15. The highest BCUT2D eigenvalue weighted by Crippen LogP contribution is 2.18. The van der Waals surface area contributed by atoms with Gasteiger partial charge in [0, 0.05) is 30.4 Å². The Morgan fingerprint density at radius 3 is 2.41 bits per heavy atom. The predicted octanol–water partition coefficient (Wildman–Crippen LogP) is 1.76. The number of rotatable bonds is 5. The molecule has 0 fully saturated rings. The summed E-state index contributed by atoms with van der Waals surface area (Å²) in [5.74, 6) is -0.207. The summed E-state index contributed by atoms with van der Waals surface area (Å²) >= 11 is 0. The van der Waals surface area contributed by atoms with E-state index in [4.69, 9.17) is 0 Å². The molecule has 2 heterocycles. The molecule has 116 valence electrons. The molecule has 22 heavy (non-hydrogen) atoms. The van der Waals surface area contributed by atoms with E-state index >= 15 is 0 Å². The number of pyridine rings is 2. The first-order valence-electron chi connectivity index (χ1n) is 6.78. The maximum atomic E-state index is 12.2. The first kappa shape index (κ1) is 16.1. The number of aromatic nitrogens is 2. The number of sulfone groups is 1. The van der Waals surface area contributed by atoms with Gasteiger partial charge in [-0.25, -0.2) is 13.4 Å². The van der Waals surface area contributed by atoms with Crippen LogP contribution in [0.2, 0.25) is 0 Å². The van der Waals surface area contributed by atoms with Gasteiger partial charge in [-0.05, 0) is 30.2 Å². The van der Waals surface area contributed by atoms with Crippen molar-refractivity contribution in [1.82, 2.24) is 15.3 Å². The molecule has 0 saturated carbocycles. The number of nitrogens with zero attached hydrogens (tertiary/aromatic N) is 2. The van der Waals surface area contributed by atoms with Gasteiger partial charge in [-0.1, -0.05) is 13.0 Å². The van der Waals surface area contributed by atoms with Gasteiger partial charge in [0.25, 0.3) is 5.91 Å². The van der Waals surface area contributed by atoms with Crippen LogP contribution >= 0.6 is 0 Å². The van der Waals surface area contributed by atoms with Crippen molar-refractivity contribution in [2.24, 2.45) is 0 Å². The molecule has 2 aromatic rings. The van der Waals surface area contributed by atoms with Gasteiger partial charge in [0.05, 0.1) is 6.04 Å². The van der Waals surface area contributed by atoms with Gasteiger partial charge in [-0.3, -0.25) is 9.78 Å². The fourth-order valence-electron chi connectivity index (χ4n) is 1.98. The fraction of sp³-hybridized carbons (Fsp3) is 0.267. The van der Waals surface area contributed by atoms with E-state index in [0.717, 1.165) is 11.8 Å². The summed E-state index contributed by atoms with van der Waals surface area (Å²) < 4.78 is 22.8. The summed E-state index contributed by atoms with van der Waals surface area (Å²) in [4.78, 5) is 20.0. The Hall–Kier alpha value is -2.28. The number of carbonyl (C=O) groups excluding carboxylic acids is 1. The molecular weight excluding hydrogens is 302 g/mol. The normalized spacial score (nSPS) is 12.6. The third kappa shape index (κ3) is 3.88. The van der Waals surface area contributed by atoms with Crippen LogP contribution in [0.25, 0.3) is 0 Å². The van der Waals surface area contributed by atoms with Crippen LogP contribution in [-0.2, 0) is 9.84 Å². The number of hydrogen-bond acceptors (Lipinski definition) is 5. The lowest BCUT2D eigenvalue weighted by atomic mass is 10.1. The largest absolute Gasteiger partial charge is 0.345 e. The third-order valence-corrected chi connectivity index (χ3v) is 4.20. The minimum atomic E-state index is -3.32. The molecule has 0 spiro atoms. The zero-order valence-electron chi connectivity index (χ0n) is 12.4. The van der Waals surface area contributed by atoms with E-state index < -0.39 is 9.84 Å². The average molecular weight is 319 g/mol. The standard InChI is InChI=1S/C15H17N3O3S/c1-3-13(18-15(19)11-6-8-16-9-7-11)12-4-5-14(17-10-12)22(2,20)21/h4-10,13H,3H2,1-2H3,(H,18,19). The zero-order chi connectivity index (χ0) is 16.2. The van der Waals surface area contributed by atoms with Crippen molar-refractivity contribution in [1.29, 1.82) is 0 Å². The van der Waals surface area contributed by atoms with E-state index in [1.54, 1.807) is 30.6 Å². The highest BCUT2D eigenvalue weighted by Gasteiger charge is 2.16. The molecule has 1 amide bonds. The SMILES string of the molecule is CCC(NC(=O)c1ccncc1)c1ccc(S(C)(=O)=O)nc1. The quantitative estimate of drug-likeness (QED) is 0.907. The van der Waals surface area contributed by atoms with E-state index in [0.29, 0.717) is 12.0 Å². The molecule has 6 nitrogen and oxygen atoms in total. The van der Waals surface area contributed by atoms with E-state index in [1.807, 2.05) is 6.92 Å². The lowest BCUT2D eigenvalue weighted by Crippen LogP contribution is -2.28. The lowest BCUT2D eigenvalue weighted by Gasteiger charge is -2.17. The minimum Gasteiger partial charge on any atom is -0.345 e. The van der Waals surface area contributed by atoms with E-state index in [-0.39, 0.29) is 17.0 Å². The maximum Gasteiger partial charge on any atom is 0.251 e. The molecule has 0 aliphatic heterocycles. The van der Waals surface area contributed by atoms with Crippen LogP contribution in [0.5, 0.6) is 0 Å². The molecule has 2 aromatic heterocycles. The maximum absolute atomic E-state index is 12.2. The summed E-state index contributed by atoms with van der Waals surface area (Å²) in [5, 5.41) is 2.92. The smallest absolute Gasteiger partial charge is 0.251 e.